The topological polar surface area (TPSA) is 37.3 Å². The van der Waals surface area contributed by atoms with Gasteiger partial charge in [0.1, 0.15) is 12.0 Å². The molecule has 0 atom stereocenters. The smallest absolute Gasteiger partial charge is 0.137 e. The van der Waals surface area contributed by atoms with Crippen molar-refractivity contribution in [3.8, 4) is 5.75 Å². The molecule has 1 aromatic carbocycles. The van der Waals surface area contributed by atoms with Crippen LogP contribution in [0.2, 0.25) is 5.02 Å². The Morgan fingerprint density at radius 2 is 2.23 bits per heavy atom. The lowest BCUT2D eigenvalue weighted by atomic mass is 10.1. The third kappa shape index (κ3) is 2.46. The molecule has 0 aromatic heterocycles. The average molecular weight is 199 g/mol. The van der Waals surface area contributed by atoms with Gasteiger partial charge in [0.15, 0.2) is 0 Å². The maximum Gasteiger partial charge on any atom is 0.137 e. The van der Waals surface area contributed by atoms with E-state index in [0.29, 0.717) is 17.9 Å². The summed E-state index contributed by atoms with van der Waals surface area (Å²) in [5, 5.41) is 9.70. The van der Waals surface area contributed by atoms with Crippen LogP contribution in [0.1, 0.15) is 17.5 Å². The second-order valence-corrected chi connectivity index (χ2v) is 3.36. The van der Waals surface area contributed by atoms with Gasteiger partial charge in [0.05, 0.1) is 5.02 Å². The molecule has 70 valence electrons. The summed E-state index contributed by atoms with van der Waals surface area (Å²) < 4.78 is 0. The largest absolute Gasteiger partial charge is 0.506 e. The van der Waals surface area contributed by atoms with Crippen molar-refractivity contribution >= 4 is 17.9 Å². The molecule has 1 aromatic rings. The Morgan fingerprint density at radius 1 is 1.54 bits per heavy atom. The van der Waals surface area contributed by atoms with E-state index in [1.165, 1.54) is 0 Å². The van der Waals surface area contributed by atoms with E-state index in [0.717, 1.165) is 17.4 Å². The zero-order chi connectivity index (χ0) is 9.84. The number of phenols is 1. The van der Waals surface area contributed by atoms with Crippen molar-refractivity contribution in [1.29, 1.82) is 0 Å². The minimum atomic E-state index is 0.122. The lowest BCUT2D eigenvalue weighted by Crippen LogP contribution is -1.88. The summed E-state index contributed by atoms with van der Waals surface area (Å²) in [6.07, 6.45) is 2.03. The molecule has 0 aliphatic carbocycles. The van der Waals surface area contributed by atoms with Crippen LogP contribution in [0.5, 0.6) is 5.75 Å². The van der Waals surface area contributed by atoms with Crippen LogP contribution in [0.4, 0.5) is 0 Å². The van der Waals surface area contributed by atoms with Crippen molar-refractivity contribution in [1.82, 2.24) is 0 Å². The van der Waals surface area contributed by atoms with Gasteiger partial charge in [-0.15, -0.1) is 0 Å². The number of hydrogen-bond acceptors (Lipinski definition) is 2. The van der Waals surface area contributed by atoms with Gasteiger partial charge in [0, 0.05) is 6.42 Å². The maximum absolute atomic E-state index is 10.1. The predicted molar refractivity (Wildman–Crippen MR) is 52.2 cm³/mol. The maximum atomic E-state index is 10.1. The van der Waals surface area contributed by atoms with Gasteiger partial charge in [0.25, 0.3) is 0 Å². The molecule has 0 heterocycles. The molecule has 2 nitrogen and oxygen atoms in total. The molecule has 0 aliphatic heterocycles. The van der Waals surface area contributed by atoms with E-state index >= 15 is 0 Å². The fraction of sp³-hybridized carbons (Fsp3) is 0.300. The zero-order valence-electron chi connectivity index (χ0n) is 7.38. The van der Waals surface area contributed by atoms with E-state index in [1.807, 2.05) is 6.07 Å². The molecule has 0 bridgehead atoms. The monoisotopic (exact) mass is 198 g/mol. The highest BCUT2D eigenvalue weighted by Crippen LogP contribution is 2.28. The second-order valence-electron chi connectivity index (χ2n) is 2.95. The Labute approximate surface area is 82.2 Å². The van der Waals surface area contributed by atoms with Gasteiger partial charge in [0.2, 0.25) is 0 Å². The summed E-state index contributed by atoms with van der Waals surface area (Å²) in [5.41, 5.74) is 1.72. The van der Waals surface area contributed by atoms with Crippen molar-refractivity contribution in [2.24, 2.45) is 0 Å². The number of phenolic OH excluding ortho intramolecular Hbond substituents is 1. The highest BCUT2D eigenvalue weighted by molar-refractivity contribution is 6.32. The number of carbonyl (C=O) groups is 1. The molecule has 0 saturated heterocycles. The summed E-state index contributed by atoms with van der Waals surface area (Å²) >= 11 is 5.76. The third-order valence-electron chi connectivity index (χ3n) is 1.86. The fourth-order valence-electron chi connectivity index (χ4n) is 1.18. The van der Waals surface area contributed by atoms with Gasteiger partial charge >= 0.3 is 0 Å². The van der Waals surface area contributed by atoms with E-state index in [-0.39, 0.29) is 5.75 Å². The fourth-order valence-corrected chi connectivity index (χ4v) is 1.47. The summed E-state index contributed by atoms with van der Waals surface area (Å²) in [5.74, 6) is 0.122. The van der Waals surface area contributed by atoms with Gasteiger partial charge in [-0.25, -0.2) is 0 Å². The van der Waals surface area contributed by atoms with Gasteiger partial charge < -0.3 is 9.90 Å². The van der Waals surface area contributed by atoms with Gasteiger partial charge in [-0.05, 0) is 30.5 Å². The van der Waals surface area contributed by atoms with Gasteiger partial charge in [-0.2, -0.15) is 0 Å². The van der Waals surface area contributed by atoms with Crippen LogP contribution in [0, 0.1) is 6.92 Å². The lowest BCUT2D eigenvalue weighted by molar-refractivity contribution is -0.107. The molecule has 0 radical (unpaired) electrons. The second kappa shape index (κ2) is 4.28. The van der Waals surface area contributed by atoms with Crippen molar-refractivity contribution in [2.45, 2.75) is 19.8 Å². The van der Waals surface area contributed by atoms with Crippen LogP contribution in [0.25, 0.3) is 0 Å². The first kappa shape index (κ1) is 10.1. The van der Waals surface area contributed by atoms with Crippen molar-refractivity contribution in [3.63, 3.8) is 0 Å². The summed E-state index contributed by atoms with van der Waals surface area (Å²) in [7, 11) is 0. The van der Waals surface area contributed by atoms with E-state index in [2.05, 4.69) is 0 Å². The first-order chi connectivity index (χ1) is 6.15. The van der Waals surface area contributed by atoms with Gasteiger partial charge in [-0.1, -0.05) is 17.7 Å². The van der Waals surface area contributed by atoms with Crippen LogP contribution < -0.4 is 0 Å². The Bertz CT molecular complexity index is 298. The van der Waals surface area contributed by atoms with Crippen LogP contribution >= 0.6 is 11.6 Å². The molecular formula is C10H11ClO2. The Hall–Kier alpha value is -1.02. The number of halogens is 1. The van der Waals surface area contributed by atoms with Crippen LogP contribution in [0.15, 0.2) is 12.1 Å². The summed E-state index contributed by atoms with van der Waals surface area (Å²) in [4.78, 5) is 10.1. The first-order valence-corrected chi connectivity index (χ1v) is 4.44. The standard InChI is InChI=1S/C10H11ClO2/c1-7-5-8(3-2-4-12)6-9(11)10(7)13/h4-6,13H,2-3H2,1H3. The summed E-state index contributed by atoms with van der Waals surface area (Å²) in [6, 6.07) is 3.53. The zero-order valence-corrected chi connectivity index (χ0v) is 8.14. The van der Waals surface area contributed by atoms with Crippen molar-refractivity contribution in [2.75, 3.05) is 0 Å². The average Bonchev–Trinajstić information content (AvgIpc) is 2.10. The third-order valence-corrected chi connectivity index (χ3v) is 2.15. The van der Waals surface area contributed by atoms with Crippen molar-refractivity contribution in [3.05, 3.63) is 28.3 Å². The van der Waals surface area contributed by atoms with E-state index < -0.39 is 0 Å². The number of carbonyl (C=O) groups excluding carboxylic acids is 1. The number of aryl methyl sites for hydroxylation is 2. The van der Waals surface area contributed by atoms with Crippen LogP contribution in [0.3, 0.4) is 0 Å². The molecule has 0 saturated carbocycles. The minimum absolute atomic E-state index is 0.122. The SMILES string of the molecule is Cc1cc(CCC=O)cc(Cl)c1O. The summed E-state index contributed by atoms with van der Waals surface area (Å²) in [6.45, 7) is 1.78. The van der Waals surface area contributed by atoms with Crippen LogP contribution in [-0.4, -0.2) is 11.4 Å². The van der Waals surface area contributed by atoms with E-state index in [1.54, 1.807) is 13.0 Å². The number of hydrogen-bond donors (Lipinski definition) is 1. The van der Waals surface area contributed by atoms with Gasteiger partial charge in [-0.3, -0.25) is 0 Å². The highest BCUT2D eigenvalue weighted by atomic mass is 35.5. The molecular weight excluding hydrogens is 188 g/mol. The molecule has 0 amide bonds. The molecule has 3 heteroatoms. The number of aldehydes is 1. The molecule has 0 aliphatic rings. The van der Waals surface area contributed by atoms with E-state index in [4.69, 9.17) is 11.6 Å². The molecule has 13 heavy (non-hydrogen) atoms. The first-order valence-electron chi connectivity index (χ1n) is 4.06. The number of aromatic hydroxyl groups is 1. The van der Waals surface area contributed by atoms with Crippen LogP contribution in [-0.2, 0) is 11.2 Å². The number of rotatable bonds is 3. The molecule has 1 rings (SSSR count). The Kier molecular flexibility index (Phi) is 3.32. The highest BCUT2D eigenvalue weighted by Gasteiger charge is 2.04. The quantitative estimate of drug-likeness (QED) is 0.758. The minimum Gasteiger partial charge on any atom is -0.506 e. The van der Waals surface area contributed by atoms with Crippen molar-refractivity contribution < 1.29 is 9.90 Å². The molecule has 0 spiro atoms. The Balaban J connectivity index is 2.92. The normalized spacial score (nSPS) is 10.0. The predicted octanol–water partition coefficient (Wildman–Crippen LogP) is 2.49. The molecule has 0 unspecified atom stereocenters. The lowest BCUT2D eigenvalue weighted by Gasteiger charge is -2.04. The Morgan fingerprint density at radius 3 is 2.77 bits per heavy atom. The van der Waals surface area contributed by atoms with E-state index in [9.17, 15) is 9.90 Å². The molecule has 0 fully saturated rings. The number of benzene rings is 1. The molecule has 1 N–H and O–H groups in total.